The van der Waals surface area contributed by atoms with Crippen LogP contribution in [0, 0.1) is 0 Å². The van der Waals surface area contributed by atoms with E-state index >= 15 is 0 Å². The van der Waals surface area contributed by atoms with E-state index < -0.39 is 57.5 Å². The number of methoxy groups -OCH3 is 1. The number of nitrogens with zero attached hydrogens (tertiary/aromatic N) is 3. The van der Waals surface area contributed by atoms with Gasteiger partial charge < -0.3 is 25.7 Å². The molecule has 0 unspecified atom stereocenters. The van der Waals surface area contributed by atoms with Gasteiger partial charge in [-0.15, -0.1) is 11.3 Å². The molecule has 1 aliphatic heterocycles. The second-order valence-electron chi connectivity index (χ2n) is 6.45. The van der Waals surface area contributed by atoms with Crippen LogP contribution in [0.25, 0.3) is 0 Å². The van der Waals surface area contributed by atoms with E-state index in [2.05, 4.69) is 20.2 Å². The number of hydrogen-bond acceptors (Lipinski definition) is 12. The van der Waals surface area contributed by atoms with Crippen molar-refractivity contribution in [2.24, 2.45) is 5.16 Å². The first-order valence-corrected chi connectivity index (χ1v) is 10.4. The summed E-state index contributed by atoms with van der Waals surface area (Å²) in [7, 11) is -4.21. The summed E-state index contributed by atoms with van der Waals surface area (Å²) < 4.78 is 36.0. The van der Waals surface area contributed by atoms with Crippen LogP contribution in [0.2, 0.25) is 0 Å². The molecule has 2 rings (SSSR count). The molecule has 2 atom stereocenters. The van der Waals surface area contributed by atoms with Crippen molar-refractivity contribution in [3.63, 3.8) is 0 Å². The van der Waals surface area contributed by atoms with Gasteiger partial charge in [-0.1, -0.05) is 5.16 Å². The van der Waals surface area contributed by atoms with Gasteiger partial charge in [-0.2, -0.15) is 12.7 Å². The molecular weight excluding hydrogens is 485 g/mol. The molecule has 15 nitrogen and oxygen atoms in total. The number of aromatic nitrogens is 1. The van der Waals surface area contributed by atoms with Crippen molar-refractivity contribution in [2.75, 3.05) is 12.8 Å². The number of hydrogen-bond donors (Lipinski definition) is 4. The van der Waals surface area contributed by atoms with Crippen LogP contribution in [-0.2, 0) is 39.1 Å². The fraction of sp³-hybridized carbons (Fsp3) is 0.429. The Bertz CT molecular complexity index is 1070. The predicted octanol–water partition coefficient (Wildman–Crippen LogP) is -2.67. The number of carboxylic acid groups (broad SMARTS) is 1. The van der Waals surface area contributed by atoms with Crippen LogP contribution in [0.1, 0.15) is 19.5 Å². The third-order valence-electron chi connectivity index (χ3n) is 3.89. The van der Waals surface area contributed by atoms with Crippen LogP contribution in [0.5, 0.6) is 0 Å². The molecular formula is C14H18N5NaO10S2. The van der Waals surface area contributed by atoms with E-state index in [-0.39, 0.29) is 44.7 Å². The summed E-state index contributed by atoms with van der Waals surface area (Å²) in [6, 6.07) is -3.62. The van der Waals surface area contributed by atoms with Crippen molar-refractivity contribution in [1.29, 1.82) is 0 Å². The van der Waals surface area contributed by atoms with Crippen LogP contribution in [0.15, 0.2) is 10.5 Å². The fourth-order valence-electron chi connectivity index (χ4n) is 2.22. The molecule has 0 spiro atoms. The number of nitrogens with two attached hydrogens (primary N) is 1. The van der Waals surface area contributed by atoms with E-state index in [4.69, 9.17) is 20.2 Å². The van der Waals surface area contributed by atoms with Crippen molar-refractivity contribution in [3.05, 3.63) is 11.1 Å². The number of nitrogen functional groups attached to an aromatic ring is 1. The zero-order valence-corrected chi connectivity index (χ0v) is 17.8. The minimum atomic E-state index is -5.11. The van der Waals surface area contributed by atoms with Gasteiger partial charge in [0.15, 0.2) is 16.9 Å². The van der Waals surface area contributed by atoms with E-state index in [9.17, 15) is 27.6 Å². The second-order valence-corrected chi connectivity index (χ2v) is 8.63. The molecule has 5 N–H and O–H groups in total. The normalized spacial score (nSPS) is 18.8. The number of carboxylic acids is 1. The predicted molar refractivity (Wildman–Crippen MR) is 109 cm³/mol. The van der Waals surface area contributed by atoms with Crippen molar-refractivity contribution in [2.45, 2.75) is 31.5 Å². The summed E-state index contributed by atoms with van der Waals surface area (Å²) in [6.07, 6.45) is 0. The van der Waals surface area contributed by atoms with Crippen molar-refractivity contribution < 1.29 is 46.8 Å². The van der Waals surface area contributed by atoms with Crippen LogP contribution in [-0.4, -0.2) is 111 Å². The molecule has 1 fully saturated rings. The van der Waals surface area contributed by atoms with Crippen molar-refractivity contribution >= 4 is 85.8 Å². The Morgan fingerprint density at radius 3 is 2.41 bits per heavy atom. The molecule has 172 valence electrons. The first kappa shape index (κ1) is 27.7. The molecule has 2 amide bonds. The van der Waals surface area contributed by atoms with Crippen LogP contribution in [0.3, 0.4) is 0 Å². The third kappa shape index (κ3) is 5.73. The Morgan fingerprint density at radius 2 is 1.97 bits per heavy atom. The molecule has 32 heavy (non-hydrogen) atoms. The number of aliphatic carboxylic acids is 1. The first-order valence-electron chi connectivity index (χ1n) is 8.11. The number of ether oxygens (including phenoxy) is 1. The van der Waals surface area contributed by atoms with Gasteiger partial charge in [-0.25, -0.2) is 14.6 Å². The number of nitrogens with one attached hydrogen (secondary N) is 1. The van der Waals surface area contributed by atoms with Gasteiger partial charge >= 0.3 is 51.8 Å². The second kappa shape index (κ2) is 10.1. The summed E-state index contributed by atoms with van der Waals surface area (Å²) in [5.41, 5.74) is 2.92. The minimum absolute atomic E-state index is 0. The third-order valence-corrected chi connectivity index (χ3v) is 5.47. The fourth-order valence-corrected chi connectivity index (χ4v) is 3.61. The number of rotatable bonds is 8. The molecule has 0 aromatic carbocycles. The quantitative estimate of drug-likeness (QED) is 0.0711. The maximum atomic E-state index is 12.7. The molecule has 0 saturated carbocycles. The molecule has 0 bridgehead atoms. The summed E-state index contributed by atoms with van der Waals surface area (Å²) >= 11 is 0.914. The number of oxime groups is 1. The van der Waals surface area contributed by atoms with E-state index in [1.807, 2.05) is 0 Å². The van der Waals surface area contributed by atoms with Crippen LogP contribution in [0.4, 0.5) is 5.13 Å². The van der Waals surface area contributed by atoms with E-state index in [1.165, 1.54) is 5.38 Å². The van der Waals surface area contributed by atoms with Crippen molar-refractivity contribution in [3.8, 4) is 0 Å². The molecule has 1 aromatic heterocycles. The Labute approximate surface area is 207 Å². The van der Waals surface area contributed by atoms with Crippen molar-refractivity contribution in [1.82, 2.24) is 14.6 Å². The number of anilines is 1. The zero-order valence-electron chi connectivity index (χ0n) is 16.1. The Hall–Kier alpha value is -2.31. The number of carbonyl (C=O) groups excluding carboxylic acids is 3. The molecule has 0 radical (unpaired) electrons. The zero-order chi connectivity index (χ0) is 23.7. The van der Waals surface area contributed by atoms with E-state index in [0.717, 1.165) is 32.3 Å². The van der Waals surface area contributed by atoms with Gasteiger partial charge in [0, 0.05) is 5.38 Å². The van der Waals surface area contributed by atoms with Gasteiger partial charge in [0.05, 0.1) is 7.11 Å². The molecule has 1 aromatic rings. The van der Waals surface area contributed by atoms with E-state index in [1.54, 1.807) is 0 Å². The molecule has 0 aliphatic carbocycles. The number of β-lactam (4-membered cyclic amide) rings is 1. The van der Waals surface area contributed by atoms with Gasteiger partial charge in [0.25, 0.3) is 11.8 Å². The van der Waals surface area contributed by atoms with Crippen LogP contribution >= 0.6 is 11.3 Å². The standard InChI is InChI=1S/C14H17N5O10S2.Na.H/c1-14(2,12(23)24)29-18-6(5-4-30-13(15)16-5)9(20)17-7-8(11(22)28-3)19(10(7)21)31(25,26)27;;/h4,7-8H,1-3H3,(H2,15,16)(H,17,20)(H,23,24)(H,25,26,27);;/b18-6-;;/t7-,8-;;/m1../s1. The average Bonchev–Trinajstić information content (AvgIpc) is 3.07. The van der Waals surface area contributed by atoms with Gasteiger partial charge in [-0.05, 0) is 13.8 Å². The topological polar surface area (TPSA) is 228 Å². The Kier molecular flexibility index (Phi) is 8.74. The first-order chi connectivity index (χ1) is 14.2. The number of esters is 1. The molecule has 1 aliphatic rings. The molecule has 2 heterocycles. The monoisotopic (exact) mass is 503 g/mol. The van der Waals surface area contributed by atoms with Gasteiger partial charge in [0.1, 0.15) is 11.7 Å². The number of amides is 2. The summed E-state index contributed by atoms with van der Waals surface area (Å²) in [5.74, 6) is -5.14. The summed E-state index contributed by atoms with van der Waals surface area (Å²) in [4.78, 5) is 56.6. The average molecular weight is 503 g/mol. The Morgan fingerprint density at radius 1 is 1.38 bits per heavy atom. The number of thiazole rings is 1. The number of carbonyl (C=O) groups is 4. The molecule has 1 saturated heterocycles. The summed E-state index contributed by atoms with van der Waals surface area (Å²) in [6.45, 7) is 2.30. The van der Waals surface area contributed by atoms with Crippen LogP contribution < -0.4 is 11.1 Å². The summed E-state index contributed by atoms with van der Waals surface area (Å²) in [5, 5.41) is 16.0. The SMILES string of the molecule is COC(=O)[C@H]1[C@@H](NC(=O)/C(=N\OC(C)(C)C(=O)O)c2csc(N)n2)C(=O)N1S(=O)(=O)O.[NaH]. The maximum absolute atomic E-state index is 12.7. The van der Waals surface area contributed by atoms with Gasteiger partial charge in [-0.3, -0.25) is 14.1 Å². The van der Waals surface area contributed by atoms with Gasteiger partial charge in [0.2, 0.25) is 5.60 Å². The molecule has 18 heteroatoms. The Balaban J connectivity index is 0.00000512. The van der Waals surface area contributed by atoms with E-state index in [0.29, 0.717) is 0 Å².